The maximum Gasteiger partial charge on any atom is 0.242 e. The van der Waals surface area contributed by atoms with Crippen molar-refractivity contribution in [3.63, 3.8) is 0 Å². The van der Waals surface area contributed by atoms with Gasteiger partial charge in [-0.25, -0.2) is 9.67 Å². The van der Waals surface area contributed by atoms with Crippen molar-refractivity contribution in [2.45, 2.75) is 58.2 Å². The molecule has 6 nitrogen and oxygen atoms in total. The first-order valence-electron chi connectivity index (χ1n) is 8.18. The fourth-order valence-electron chi connectivity index (χ4n) is 3.20. The van der Waals surface area contributed by atoms with Crippen LogP contribution in [0.2, 0.25) is 0 Å². The summed E-state index contributed by atoms with van der Waals surface area (Å²) in [6.45, 7) is 6.91. The Kier molecular flexibility index (Phi) is 4.35. The number of aryl methyl sites for hydroxylation is 1. The summed E-state index contributed by atoms with van der Waals surface area (Å²) < 4.78 is 7.48. The number of carbonyl (C=O) groups excluding carboxylic acids is 1. The average Bonchev–Trinajstić information content (AvgIpc) is 2.84. The Morgan fingerprint density at radius 1 is 1.48 bits per heavy atom. The minimum atomic E-state index is -0.386. The van der Waals surface area contributed by atoms with Crippen LogP contribution in [0.15, 0.2) is 18.3 Å². The van der Waals surface area contributed by atoms with Crippen molar-refractivity contribution in [1.82, 2.24) is 20.1 Å². The molecule has 0 bridgehead atoms. The number of aromatic nitrogens is 3. The number of amides is 1. The molecule has 23 heavy (non-hydrogen) atoms. The summed E-state index contributed by atoms with van der Waals surface area (Å²) in [5, 5.41) is 8.51. The van der Waals surface area contributed by atoms with E-state index in [0.29, 0.717) is 0 Å². The highest BCUT2D eigenvalue weighted by Crippen LogP contribution is 2.23. The molecule has 0 aromatic carbocycles. The number of hydrogen-bond donors (Lipinski definition) is 1. The number of pyridine rings is 1. The Bertz CT molecular complexity index is 702. The van der Waals surface area contributed by atoms with Crippen LogP contribution >= 0.6 is 0 Å². The number of nitrogens with one attached hydrogen (secondary N) is 1. The van der Waals surface area contributed by atoms with E-state index in [2.05, 4.69) is 15.4 Å². The molecule has 1 fully saturated rings. The first-order valence-corrected chi connectivity index (χ1v) is 8.18. The van der Waals surface area contributed by atoms with E-state index in [9.17, 15) is 4.79 Å². The van der Waals surface area contributed by atoms with Crippen molar-refractivity contribution in [3.05, 3.63) is 24.0 Å². The first kappa shape index (κ1) is 15.9. The van der Waals surface area contributed by atoms with E-state index < -0.39 is 0 Å². The molecule has 6 heteroatoms. The van der Waals surface area contributed by atoms with Gasteiger partial charge < -0.3 is 10.1 Å². The zero-order valence-corrected chi connectivity index (χ0v) is 14.0. The van der Waals surface area contributed by atoms with Crippen molar-refractivity contribution in [1.29, 1.82) is 0 Å². The Labute approximate surface area is 136 Å². The van der Waals surface area contributed by atoms with Crippen LogP contribution < -0.4 is 5.32 Å². The van der Waals surface area contributed by atoms with Gasteiger partial charge >= 0.3 is 0 Å². The van der Waals surface area contributed by atoms with Gasteiger partial charge in [-0.2, -0.15) is 5.10 Å². The van der Waals surface area contributed by atoms with Gasteiger partial charge in [0.15, 0.2) is 5.65 Å². The molecular weight excluding hydrogens is 292 g/mol. The molecule has 0 radical (unpaired) electrons. The van der Waals surface area contributed by atoms with Gasteiger partial charge in [-0.05, 0) is 52.2 Å². The summed E-state index contributed by atoms with van der Waals surface area (Å²) in [7, 11) is 0. The third-order valence-corrected chi connectivity index (χ3v) is 4.43. The van der Waals surface area contributed by atoms with Crippen LogP contribution in [0.1, 0.15) is 38.8 Å². The minimum Gasteiger partial charge on any atom is -0.376 e. The molecule has 2 aromatic heterocycles. The van der Waals surface area contributed by atoms with Gasteiger partial charge in [0.05, 0.1) is 17.3 Å². The van der Waals surface area contributed by atoms with Crippen LogP contribution in [0.5, 0.6) is 0 Å². The fraction of sp³-hybridized carbons (Fsp3) is 0.588. The number of carbonyl (C=O) groups is 1. The summed E-state index contributed by atoms with van der Waals surface area (Å²) in [6, 6.07) is 3.85. The van der Waals surface area contributed by atoms with Crippen LogP contribution in [0.3, 0.4) is 0 Å². The Balaban J connectivity index is 1.71. The van der Waals surface area contributed by atoms with Gasteiger partial charge in [-0.3, -0.25) is 4.79 Å². The molecule has 1 amide bonds. The minimum absolute atomic E-state index is 0.0643. The van der Waals surface area contributed by atoms with Crippen molar-refractivity contribution in [2.24, 2.45) is 0 Å². The second-order valence-corrected chi connectivity index (χ2v) is 6.74. The zero-order valence-electron chi connectivity index (χ0n) is 14.0. The monoisotopic (exact) mass is 316 g/mol. The van der Waals surface area contributed by atoms with E-state index >= 15 is 0 Å². The Morgan fingerprint density at radius 3 is 3.04 bits per heavy atom. The molecule has 0 saturated carbocycles. The van der Waals surface area contributed by atoms with Crippen molar-refractivity contribution < 1.29 is 9.53 Å². The smallest absolute Gasteiger partial charge is 0.242 e. The predicted octanol–water partition coefficient (Wildman–Crippen LogP) is 2.20. The number of hydrogen-bond acceptors (Lipinski definition) is 4. The van der Waals surface area contributed by atoms with Crippen LogP contribution in [0.25, 0.3) is 11.0 Å². The second kappa shape index (κ2) is 6.28. The number of ether oxygens (including phenoxy) is 1. The van der Waals surface area contributed by atoms with E-state index in [1.54, 1.807) is 10.9 Å². The molecule has 0 aliphatic carbocycles. The zero-order chi connectivity index (χ0) is 16.4. The summed E-state index contributed by atoms with van der Waals surface area (Å²) >= 11 is 0. The number of nitrogens with zero attached hydrogens (tertiary/aromatic N) is 3. The highest BCUT2D eigenvalue weighted by molar-refractivity contribution is 5.81. The van der Waals surface area contributed by atoms with Crippen molar-refractivity contribution in [3.8, 4) is 0 Å². The molecule has 1 N–H and O–H groups in total. The fourth-order valence-corrected chi connectivity index (χ4v) is 3.20. The molecule has 1 aliphatic rings. The van der Waals surface area contributed by atoms with E-state index in [-0.39, 0.29) is 24.1 Å². The highest BCUT2D eigenvalue weighted by atomic mass is 16.5. The highest BCUT2D eigenvalue weighted by Gasteiger charge is 2.33. The van der Waals surface area contributed by atoms with Crippen molar-refractivity contribution >= 4 is 16.9 Å². The lowest BCUT2D eigenvalue weighted by Crippen LogP contribution is -2.54. The molecule has 1 saturated heterocycles. The van der Waals surface area contributed by atoms with E-state index in [1.807, 2.05) is 32.9 Å². The second-order valence-electron chi connectivity index (χ2n) is 6.74. The van der Waals surface area contributed by atoms with Crippen LogP contribution in [-0.2, 0) is 16.1 Å². The van der Waals surface area contributed by atoms with Gasteiger partial charge in [0.25, 0.3) is 0 Å². The molecule has 3 heterocycles. The molecule has 124 valence electrons. The maximum atomic E-state index is 12.5. The lowest BCUT2D eigenvalue weighted by atomic mass is 9.91. The molecule has 3 rings (SSSR count). The summed E-state index contributed by atoms with van der Waals surface area (Å²) in [5.41, 5.74) is 1.24. The molecule has 1 unspecified atom stereocenters. The standard InChI is InChI=1S/C17H24N4O2/c1-12-13-7-6-9-18-16(13)21(20-12)11-15(22)19-17(2,3)14-8-4-5-10-23-14/h6-7,9,14H,4-5,8,10-11H2,1-3H3,(H,19,22). The van der Waals surface area contributed by atoms with Crippen LogP contribution in [0, 0.1) is 6.92 Å². The van der Waals surface area contributed by atoms with Gasteiger partial charge in [-0.15, -0.1) is 0 Å². The molecular formula is C17H24N4O2. The Morgan fingerprint density at radius 2 is 2.30 bits per heavy atom. The third-order valence-electron chi connectivity index (χ3n) is 4.43. The van der Waals surface area contributed by atoms with Crippen molar-refractivity contribution in [2.75, 3.05) is 6.61 Å². The molecule has 1 atom stereocenters. The topological polar surface area (TPSA) is 69.0 Å². The van der Waals surface area contributed by atoms with E-state index in [4.69, 9.17) is 4.74 Å². The largest absolute Gasteiger partial charge is 0.376 e. The normalized spacial score (nSPS) is 19.0. The quantitative estimate of drug-likeness (QED) is 0.939. The van der Waals surface area contributed by atoms with Crippen LogP contribution in [0.4, 0.5) is 0 Å². The third kappa shape index (κ3) is 3.37. The number of fused-ring (bicyclic) bond motifs is 1. The summed E-state index contributed by atoms with van der Waals surface area (Å²) in [4.78, 5) is 16.8. The lowest BCUT2D eigenvalue weighted by molar-refractivity contribution is -0.126. The SMILES string of the molecule is Cc1nn(CC(=O)NC(C)(C)C2CCCCO2)c2ncccc12. The van der Waals surface area contributed by atoms with E-state index in [0.717, 1.165) is 42.6 Å². The molecule has 0 spiro atoms. The summed E-state index contributed by atoms with van der Waals surface area (Å²) in [5.74, 6) is -0.0702. The predicted molar refractivity (Wildman–Crippen MR) is 88.1 cm³/mol. The van der Waals surface area contributed by atoms with Gasteiger partial charge in [0, 0.05) is 18.2 Å². The lowest BCUT2D eigenvalue weighted by Gasteiger charge is -2.37. The van der Waals surface area contributed by atoms with Crippen LogP contribution in [-0.4, -0.2) is 38.9 Å². The first-order chi connectivity index (χ1) is 11.0. The average molecular weight is 316 g/mol. The molecule has 1 aliphatic heterocycles. The van der Waals surface area contributed by atoms with E-state index in [1.165, 1.54) is 0 Å². The van der Waals surface area contributed by atoms with Gasteiger partial charge in [-0.1, -0.05) is 0 Å². The number of rotatable bonds is 4. The van der Waals surface area contributed by atoms with Gasteiger partial charge in [0.2, 0.25) is 5.91 Å². The Hall–Kier alpha value is -1.95. The summed E-state index contributed by atoms with van der Waals surface area (Å²) in [6.07, 6.45) is 5.02. The van der Waals surface area contributed by atoms with Gasteiger partial charge in [0.1, 0.15) is 6.54 Å². The molecule has 2 aromatic rings. The maximum absolute atomic E-state index is 12.5.